The van der Waals surface area contributed by atoms with Gasteiger partial charge in [-0.05, 0) is 17.7 Å². The SMILES string of the molecule is O=C(NCc1ccc(Cl)cc1)C(=O)N/N=C\c1cccc([N+](=O)[O-])c1. The topological polar surface area (TPSA) is 114 Å². The molecule has 0 aliphatic heterocycles. The van der Waals surface area contributed by atoms with Crippen LogP contribution in [-0.4, -0.2) is 23.0 Å². The van der Waals surface area contributed by atoms with E-state index in [0.29, 0.717) is 10.6 Å². The van der Waals surface area contributed by atoms with E-state index in [1.54, 1.807) is 30.3 Å². The number of nitrogens with one attached hydrogen (secondary N) is 2. The van der Waals surface area contributed by atoms with Crippen molar-refractivity contribution in [2.75, 3.05) is 0 Å². The zero-order chi connectivity index (χ0) is 18.2. The number of hydrogen-bond acceptors (Lipinski definition) is 5. The number of nitro groups is 1. The summed E-state index contributed by atoms with van der Waals surface area (Å²) in [6.07, 6.45) is 1.21. The first-order valence-corrected chi connectivity index (χ1v) is 7.43. The van der Waals surface area contributed by atoms with Crippen molar-refractivity contribution in [3.8, 4) is 0 Å². The van der Waals surface area contributed by atoms with Gasteiger partial charge < -0.3 is 5.32 Å². The molecule has 2 rings (SSSR count). The molecule has 2 aromatic carbocycles. The number of non-ortho nitro benzene ring substituents is 1. The molecule has 9 heteroatoms. The Morgan fingerprint density at radius 2 is 1.88 bits per heavy atom. The quantitative estimate of drug-likeness (QED) is 0.367. The van der Waals surface area contributed by atoms with E-state index in [1.807, 2.05) is 0 Å². The number of nitro benzene ring substituents is 1. The van der Waals surface area contributed by atoms with Gasteiger partial charge in [0.15, 0.2) is 0 Å². The third-order valence-corrected chi connectivity index (χ3v) is 3.29. The van der Waals surface area contributed by atoms with Gasteiger partial charge in [0.05, 0.1) is 11.1 Å². The lowest BCUT2D eigenvalue weighted by Crippen LogP contribution is -2.37. The summed E-state index contributed by atoms with van der Waals surface area (Å²) >= 11 is 5.75. The fourth-order valence-electron chi connectivity index (χ4n) is 1.80. The predicted octanol–water partition coefficient (Wildman–Crippen LogP) is 2.01. The summed E-state index contributed by atoms with van der Waals surface area (Å²) in [6, 6.07) is 12.5. The van der Waals surface area contributed by atoms with Crippen LogP contribution in [0.25, 0.3) is 0 Å². The molecule has 0 heterocycles. The minimum atomic E-state index is -0.948. The number of halogens is 1. The molecular weight excluding hydrogens is 348 g/mol. The van der Waals surface area contributed by atoms with Gasteiger partial charge in [0.25, 0.3) is 5.69 Å². The first kappa shape index (κ1) is 18.1. The lowest BCUT2D eigenvalue weighted by Gasteiger charge is -2.04. The van der Waals surface area contributed by atoms with Crippen molar-refractivity contribution < 1.29 is 14.5 Å². The van der Waals surface area contributed by atoms with E-state index in [2.05, 4.69) is 15.8 Å². The van der Waals surface area contributed by atoms with Crippen LogP contribution >= 0.6 is 11.6 Å². The Bertz CT molecular complexity index is 821. The van der Waals surface area contributed by atoms with Gasteiger partial charge in [-0.2, -0.15) is 5.10 Å². The third kappa shape index (κ3) is 5.70. The van der Waals surface area contributed by atoms with E-state index in [1.165, 1.54) is 24.4 Å². The zero-order valence-corrected chi connectivity index (χ0v) is 13.6. The van der Waals surface area contributed by atoms with E-state index in [0.717, 1.165) is 5.56 Å². The highest BCUT2D eigenvalue weighted by Gasteiger charge is 2.12. The molecule has 8 nitrogen and oxygen atoms in total. The molecule has 2 aromatic rings. The van der Waals surface area contributed by atoms with Gasteiger partial charge >= 0.3 is 11.8 Å². The minimum absolute atomic E-state index is 0.101. The summed E-state index contributed by atoms with van der Waals surface area (Å²) in [7, 11) is 0. The van der Waals surface area contributed by atoms with E-state index in [4.69, 9.17) is 11.6 Å². The van der Waals surface area contributed by atoms with E-state index >= 15 is 0 Å². The fourth-order valence-corrected chi connectivity index (χ4v) is 1.93. The maximum absolute atomic E-state index is 11.7. The molecule has 0 saturated heterocycles. The first-order chi connectivity index (χ1) is 12.0. The Kier molecular flexibility index (Phi) is 6.19. The van der Waals surface area contributed by atoms with E-state index in [9.17, 15) is 19.7 Å². The van der Waals surface area contributed by atoms with Gasteiger partial charge in [-0.3, -0.25) is 19.7 Å². The molecule has 0 unspecified atom stereocenters. The third-order valence-electron chi connectivity index (χ3n) is 3.03. The molecular formula is C16H13ClN4O4. The van der Waals surface area contributed by atoms with Crippen LogP contribution in [0.15, 0.2) is 53.6 Å². The van der Waals surface area contributed by atoms with Gasteiger partial charge in [-0.1, -0.05) is 35.9 Å². The highest BCUT2D eigenvalue weighted by Crippen LogP contribution is 2.11. The summed E-state index contributed by atoms with van der Waals surface area (Å²) in [5.74, 6) is -1.80. The summed E-state index contributed by atoms with van der Waals surface area (Å²) in [4.78, 5) is 33.4. The molecule has 0 fully saturated rings. The van der Waals surface area contributed by atoms with E-state index in [-0.39, 0.29) is 12.2 Å². The molecule has 0 saturated carbocycles. The van der Waals surface area contributed by atoms with Crippen molar-refractivity contribution in [2.24, 2.45) is 5.10 Å². The van der Waals surface area contributed by atoms with Gasteiger partial charge in [-0.15, -0.1) is 0 Å². The van der Waals surface area contributed by atoms with Crippen molar-refractivity contribution >= 4 is 35.3 Å². The molecule has 2 N–H and O–H groups in total. The molecule has 0 radical (unpaired) electrons. The molecule has 0 bridgehead atoms. The maximum Gasteiger partial charge on any atom is 0.329 e. The van der Waals surface area contributed by atoms with Gasteiger partial charge in [-0.25, -0.2) is 5.43 Å². The summed E-state index contributed by atoms with van der Waals surface area (Å²) < 4.78 is 0. The second kappa shape index (κ2) is 8.55. The molecule has 25 heavy (non-hydrogen) atoms. The molecule has 2 amide bonds. The largest absolute Gasteiger partial charge is 0.344 e. The van der Waals surface area contributed by atoms with Crippen LogP contribution in [0.2, 0.25) is 5.02 Å². The normalized spacial score (nSPS) is 10.4. The molecule has 0 aromatic heterocycles. The summed E-state index contributed by atoms with van der Waals surface area (Å²) in [6.45, 7) is 0.165. The van der Waals surface area contributed by atoms with Crippen LogP contribution in [0.3, 0.4) is 0 Å². The fraction of sp³-hybridized carbons (Fsp3) is 0.0625. The van der Waals surface area contributed by atoms with Crippen molar-refractivity contribution in [1.82, 2.24) is 10.7 Å². The molecule has 0 spiro atoms. The predicted molar refractivity (Wildman–Crippen MR) is 92.1 cm³/mol. The van der Waals surface area contributed by atoms with Crippen LogP contribution in [0.1, 0.15) is 11.1 Å². The van der Waals surface area contributed by atoms with Crippen molar-refractivity contribution in [3.05, 3.63) is 74.8 Å². The van der Waals surface area contributed by atoms with Gasteiger partial charge in [0.2, 0.25) is 0 Å². The average molecular weight is 361 g/mol. The molecule has 0 atom stereocenters. The number of hydrazone groups is 1. The highest BCUT2D eigenvalue weighted by atomic mass is 35.5. The minimum Gasteiger partial charge on any atom is -0.344 e. The van der Waals surface area contributed by atoms with Crippen LogP contribution in [0.5, 0.6) is 0 Å². The Labute approximate surface area is 147 Å². The van der Waals surface area contributed by atoms with Crippen LogP contribution in [-0.2, 0) is 16.1 Å². The Morgan fingerprint density at radius 3 is 2.56 bits per heavy atom. The Balaban J connectivity index is 1.84. The Hall–Kier alpha value is -3.26. The number of nitrogens with zero attached hydrogens (tertiary/aromatic N) is 2. The summed E-state index contributed by atoms with van der Waals surface area (Å²) in [5, 5.41) is 17.3. The van der Waals surface area contributed by atoms with Gasteiger partial charge in [0.1, 0.15) is 0 Å². The average Bonchev–Trinajstić information content (AvgIpc) is 2.61. The standard InChI is InChI=1S/C16H13ClN4O4/c17-13-6-4-11(5-7-13)9-18-15(22)16(23)20-19-10-12-2-1-3-14(8-12)21(24)25/h1-8,10H,9H2,(H,18,22)(H,20,23)/b19-10-. The van der Waals surface area contributed by atoms with Crippen molar-refractivity contribution in [3.63, 3.8) is 0 Å². The van der Waals surface area contributed by atoms with Crippen molar-refractivity contribution in [1.29, 1.82) is 0 Å². The number of rotatable bonds is 5. The number of carbonyl (C=O) groups is 2. The number of carbonyl (C=O) groups excluding carboxylic acids is 2. The van der Waals surface area contributed by atoms with Crippen molar-refractivity contribution in [2.45, 2.75) is 6.54 Å². The zero-order valence-electron chi connectivity index (χ0n) is 12.8. The van der Waals surface area contributed by atoms with Gasteiger partial charge in [0, 0.05) is 29.3 Å². The van der Waals surface area contributed by atoms with Crippen LogP contribution in [0, 0.1) is 10.1 Å². The maximum atomic E-state index is 11.7. The number of benzene rings is 2. The van der Waals surface area contributed by atoms with Crippen LogP contribution in [0.4, 0.5) is 5.69 Å². The summed E-state index contributed by atoms with van der Waals surface area (Å²) in [5.41, 5.74) is 3.15. The number of amides is 2. The molecule has 0 aliphatic rings. The monoisotopic (exact) mass is 360 g/mol. The first-order valence-electron chi connectivity index (χ1n) is 7.06. The smallest absolute Gasteiger partial charge is 0.329 e. The lowest BCUT2D eigenvalue weighted by molar-refractivity contribution is -0.384. The highest BCUT2D eigenvalue weighted by molar-refractivity contribution is 6.35. The molecule has 0 aliphatic carbocycles. The number of hydrogen-bond donors (Lipinski definition) is 2. The second-order valence-electron chi connectivity index (χ2n) is 4.86. The second-order valence-corrected chi connectivity index (χ2v) is 5.30. The van der Waals surface area contributed by atoms with E-state index < -0.39 is 16.7 Å². The Morgan fingerprint density at radius 1 is 1.16 bits per heavy atom. The molecule has 128 valence electrons. The van der Waals surface area contributed by atoms with Crippen LogP contribution < -0.4 is 10.7 Å². The lowest BCUT2D eigenvalue weighted by atomic mass is 10.2.